The van der Waals surface area contributed by atoms with Crippen LogP contribution in [0.2, 0.25) is 0 Å². The van der Waals surface area contributed by atoms with Crippen LogP contribution >= 0.6 is 0 Å². The molecule has 1 spiro atoms. The summed E-state index contributed by atoms with van der Waals surface area (Å²) in [6.07, 6.45) is 1.72. The third-order valence-electron chi connectivity index (χ3n) is 4.15. The minimum atomic E-state index is -0.735. The molecule has 1 aromatic carbocycles. The standard InChI is InChI=1S/C20H19N3O2/c1-19(2,3)9-8-13-10-15-17(22-11-13)25-16-7-5-4-6-14(16)20(15)12-24-18(21)23-20/h4-7,10-11H,12H2,1-3H3,(H2,21,23)/t20-/m0/s1. The lowest BCUT2D eigenvalue weighted by molar-refractivity contribution is 0.262. The van der Waals surface area contributed by atoms with E-state index in [1.807, 2.05) is 30.3 Å². The minimum Gasteiger partial charge on any atom is -0.462 e. The quantitative estimate of drug-likeness (QED) is 0.752. The highest BCUT2D eigenvalue weighted by molar-refractivity contribution is 5.76. The molecule has 25 heavy (non-hydrogen) atoms. The van der Waals surface area contributed by atoms with Gasteiger partial charge in [0.05, 0.1) is 5.56 Å². The summed E-state index contributed by atoms with van der Waals surface area (Å²) in [6.45, 7) is 6.54. The molecule has 4 rings (SSSR count). The van der Waals surface area contributed by atoms with E-state index in [2.05, 4.69) is 42.6 Å². The van der Waals surface area contributed by atoms with Gasteiger partial charge in [-0.1, -0.05) is 30.0 Å². The summed E-state index contributed by atoms with van der Waals surface area (Å²) in [7, 11) is 0. The van der Waals surface area contributed by atoms with Crippen LogP contribution in [0.3, 0.4) is 0 Å². The van der Waals surface area contributed by atoms with Crippen molar-refractivity contribution in [3.05, 3.63) is 53.2 Å². The molecule has 0 radical (unpaired) electrons. The minimum absolute atomic E-state index is 0.0876. The normalized spacial score (nSPS) is 20.5. The van der Waals surface area contributed by atoms with Crippen molar-refractivity contribution in [3.63, 3.8) is 0 Å². The summed E-state index contributed by atoms with van der Waals surface area (Å²) >= 11 is 0. The van der Waals surface area contributed by atoms with Crippen molar-refractivity contribution in [2.75, 3.05) is 6.61 Å². The van der Waals surface area contributed by atoms with Crippen molar-refractivity contribution in [1.82, 2.24) is 4.98 Å². The van der Waals surface area contributed by atoms with Gasteiger partial charge in [-0.2, -0.15) is 0 Å². The fourth-order valence-corrected chi connectivity index (χ4v) is 3.01. The zero-order valence-electron chi connectivity index (χ0n) is 14.5. The summed E-state index contributed by atoms with van der Waals surface area (Å²) < 4.78 is 11.5. The van der Waals surface area contributed by atoms with Crippen LogP contribution in [0.5, 0.6) is 11.6 Å². The first-order valence-corrected chi connectivity index (χ1v) is 8.17. The maximum Gasteiger partial charge on any atom is 0.283 e. The first-order chi connectivity index (χ1) is 11.9. The Morgan fingerprint density at radius 2 is 2.00 bits per heavy atom. The van der Waals surface area contributed by atoms with Crippen molar-refractivity contribution in [2.45, 2.75) is 26.3 Å². The number of hydrogen-bond acceptors (Lipinski definition) is 5. The molecule has 2 N–H and O–H groups in total. The molecule has 0 aliphatic carbocycles. The molecule has 0 saturated carbocycles. The van der Waals surface area contributed by atoms with Gasteiger partial charge in [-0.25, -0.2) is 9.98 Å². The number of fused-ring (bicyclic) bond motifs is 4. The maximum absolute atomic E-state index is 5.97. The van der Waals surface area contributed by atoms with Gasteiger partial charge in [-0.15, -0.1) is 0 Å². The van der Waals surface area contributed by atoms with Crippen LogP contribution in [-0.4, -0.2) is 17.6 Å². The van der Waals surface area contributed by atoms with Crippen LogP contribution in [0.4, 0.5) is 0 Å². The fourth-order valence-electron chi connectivity index (χ4n) is 3.01. The van der Waals surface area contributed by atoms with Crippen molar-refractivity contribution in [2.24, 2.45) is 16.1 Å². The molecule has 126 valence electrons. The van der Waals surface area contributed by atoms with E-state index in [-0.39, 0.29) is 11.4 Å². The number of benzene rings is 1. The number of nitrogens with two attached hydrogens (primary N) is 1. The molecule has 5 nitrogen and oxygen atoms in total. The van der Waals surface area contributed by atoms with Crippen LogP contribution in [0.15, 0.2) is 41.5 Å². The third kappa shape index (κ3) is 2.60. The van der Waals surface area contributed by atoms with E-state index >= 15 is 0 Å². The lowest BCUT2D eigenvalue weighted by Gasteiger charge is -2.32. The Bertz CT molecular complexity index is 947. The molecular formula is C20H19N3O2. The largest absolute Gasteiger partial charge is 0.462 e. The number of nitrogens with zero attached hydrogens (tertiary/aromatic N) is 2. The number of hydrogen-bond donors (Lipinski definition) is 1. The van der Waals surface area contributed by atoms with Gasteiger partial charge in [0.15, 0.2) is 5.54 Å². The highest BCUT2D eigenvalue weighted by Gasteiger charge is 2.47. The number of pyridine rings is 1. The molecule has 0 saturated heterocycles. The zero-order chi connectivity index (χ0) is 17.7. The average Bonchev–Trinajstić information content (AvgIpc) is 2.96. The molecular weight excluding hydrogens is 314 g/mol. The van der Waals surface area contributed by atoms with E-state index < -0.39 is 5.54 Å². The number of para-hydroxylation sites is 1. The first-order valence-electron chi connectivity index (χ1n) is 8.17. The summed E-state index contributed by atoms with van der Waals surface area (Å²) in [5.74, 6) is 7.65. The van der Waals surface area contributed by atoms with Crippen LogP contribution < -0.4 is 10.5 Å². The molecule has 0 fully saturated rings. The van der Waals surface area contributed by atoms with Gasteiger partial charge in [0.25, 0.3) is 6.02 Å². The van der Waals surface area contributed by atoms with Gasteiger partial charge in [-0.3, -0.25) is 0 Å². The van der Waals surface area contributed by atoms with Gasteiger partial charge in [0.1, 0.15) is 12.4 Å². The molecule has 2 aromatic rings. The van der Waals surface area contributed by atoms with E-state index in [4.69, 9.17) is 15.2 Å². The van der Waals surface area contributed by atoms with Gasteiger partial charge in [0, 0.05) is 22.7 Å². The number of rotatable bonds is 0. The molecule has 2 aliphatic rings. The smallest absolute Gasteiger partial charge is 0.283 e. The second-order valence-corrected chi connectivity index (χ2v) is 7.27. The molecule has 3 heterocycles. The van der Waals surface area contributed by atoms with Gasteiger partial charge < -0.3 is 15.2 Å². The van der Waals surface area contributed by atoms with Crippen LogP contribution in [0.1, 0.15) is 37.5 Å². The Morgan fingerprint density at radius 1 is 1.20 bits per heavy atom. The highest BCUT2D eigenvalue weighted by Crippen LogP contribution is 2.49. The molecule has 1 aromatic heterocycles. The highest BCUT2D eigenvalue weighted by atomic mass is 16.5. The number of aliphatic imine (C=N–C) groups is 1. The van der Waals surface area contributed by atoms with Gasteiger partial charge in [-0.05, 0) is 32.9 Å². The van der Waals surface area contributed by atoms with Crippen molar-refractivity contribution in [3.8, 4) is 23.5 Å². The Hall–Kier alpha value is -3.00. The monoisotopic (exact) mass is 333 g/mol. The SMILES string of the molecule is CC(C)(C)C#Cc1cnc2c(c1)[C@]1(COC(N)=N1)c1ccccc1O2. The molecule has 5 heteroatoms. The summed E-state index contributed by atoms with van der Waals surface area (Å²) in [5.41, 5.74) is 7.59. The Balaban J connectivity index is 1.90. The van der Waals surface area contributed by atoms with E-state index in [0.29, 0.717) is 12.5 Å². The number of amidine groups is 1. The summed E-state index contributed by atoms with van der Waals surface area (Å²) in [4.78, 5) is 9.09. The van der Waals surface area contributed by atoms with E-state index in [9.17, 15) is 0 Å². The molecule has 2 aliphatic heterocycles. The van der Waals surface area contributed by atoms with Gasteiger partial charge in [0.2, 0.25) is 5.88 Å². The number of ether oxygens (including phenoxy) is 2. The zero-order valence-corrected chi connectivity index (χ0v) is 14.5. The Kier molecular flexibility index (Phi) is 3.26. The third-order valence-corrected chi connectivity index (χ3v) is 4.15. The second-order valence-electron chi connectivity index (χ2n) is 7.27. The lowest BCUT2D eigenvalue weighted by Crippen LogP contribution is -2.31. The van der Waals surface area contributed by atoms with Crippen molar-refractivity contribution >= 4 is 6.02 Å². The van der Waals surface area contributed by atoms with E-state index in [1.54, 1.807) is 6.20 Å². The van der Waals surface area contributed by atoms with E-state index in [1.165, 1.54) is 0 Å². The van der Waals surface area contributed by atoms with Crippen LogP contribution in [0, 0.1) is 17.3 Å². The maximum atomic E-state index is 5.97. The van der Waals surface area contributed by atoms with Crippen molar-refractivity contribution in [1.29, 1.82) is 0 Å². The fraction of sp³-hybridized carbons (Fsp3) is 0.300. The summed E-state index contributed by atoms with van der Waals surface area (Å²) in [5, 5.41) is 0. The topological polar surface area (TPSA) is 69.7 Å². The average molecular weight is 333 g/mol. The summed E-state index contributed by atoms with van der Waals surface area (Å²) in [6, 6.07) is 9.91. The Labute approximate surface area is 146 Å². The molecule has 0 bridgehead atoms. The van der Waals surface area contributed by atoms with Crippen LogP contribution in [0.25, 0.3) is 0 Å². The molecule has 1 atom stereocenters. The molecule has 0 unspecified atom stereocenters. The second kappa shape index (κ2) is 5.25. The lowest BCUT2D eigenvalue weighted by atomic mass is 9.82. The van der Waals surface area contributed by atoms with Gasteiger partial charge >= 0.3 is 0 Å². The predicted octanol–water partition coefficient (Wildman–Crippen LogP) is 3.17. The number of aromatic nitrogens is 1. The predicted molar refractivity (Wildman–Crippen MR) is 95.4 cm³/mol. The molecule has 0 amide bonds. The Morgan fingerprint density at radius 3 is 2.72 bits per heavy atom. The van der Waals surface area contributed by atoms with Crippen LogP contribution in [-0.2, 0) is 10.3 Å². The van der Waals surface area contributed by atoms with E-state index in [0.717, 1.165) is 22.4 Å². The van der Waals surface area contributed by atoms with Crippen molar-refractivity contribution < 1.29 is 9.47 Å². The first kappa shape index (κ1) is 15.5.